The van der Waals surface area contributed by atoms with Crippen molar-refractivity contribution >= 4 is 6.03 Å². The average molecular weight is 185 g/mol. The Kier molecular flexibility index (Phi) is 2.80. The average Bonchev–Trinajstić information content (AvgIpc) is 2.71. The molecule has 4 nitrogen and oxygen atoms in total. The Morgan fingerprint density at radius 2 is 1.77 bits per heavy atom. The van der Waals surface area contributed by atoms with E-state index in [1.54, 1.807) is 0 Å². The van der Waals surface area contributed by atoms with Crippen molar-refractivity contribution < 1.29 is 14.4 Å². The summed E-state index contributed by atoms with van der Waals surface area (Å²) in [6.07, 6.45) is 2.35. The maximum atomic E-state index is 11.8. The topological polar surface area (TPSA) is 34.0 Å². The Morgan fingerprint density at radius 3 is 2.38 bits per heavy atom. The molecule has 0 saturated carbocycles. The summed E-state index contributed by atoms with van der Waals surface area (Å²) in [5, 5.41) is 0. The Bertz CT molecular complexity index is 184. The van der Waals surface area contributed by atoms with E-state index in [1.165, 1.54) is 12.8 Å². The molecule has 2 amide bonds. The maximum Gasteiger partial charge on any atom is 0.417 e. The predicted octanol–water partition coefficient (Wildman–Crippen LogP) is -0.883. The summed E-state index contributed by atoms with van der Waals surface area (Å²) in [7, 11) is 0. The predicted molar refractivity (Wildman–Crippen MR) is 47.7 cm³/mol. The molecule has 2 rings (SSSR count). The molecule has 2 aliphatic heterocycles. The zero-order valence-electron chi connectivity index (χ0n) is 7.92. The number of quaternary nitrogens is 1. The third kappa shape index (κ3) is 2.00. The van der Waals surface area contributed by atoms with Crippen molar-refractivity contribution in [2.45, 2.75) is 12.8 Å². The summed E-state index contributed by atoms with van der Waals surface area (Å²) in [5.41, 5.74) is 0. The number of rotatable bonds is 0. The van der Waals surface area contributed by atoms with E-state index in [1.807, 2.05) is 4.90 Å². The lowest BCUT2D eigenvalue weighted by Crippen LogP contribution is -3.17. The normalized spacial score (nSPS) is 25.1. The van der Waals surface area contributed by atoms with E-state index in [9.17, 15) is 4.79 Å². The quantitative estimate of drug-likeness (QED) is 0.531. The van der Waals surface area contributed by atoms with Crippen molar-refractivity contribution in [3.8, 4) is 0 Å². The monoisotopic (exact) mass is 185 g/mol. The lowest BCUT2D eigenvalue weighted by molar-refractivity contribution is -0.829. The smallest absolute Gasteiger partial charge is 0.370 e. The number of nitrogens with zero attached hydrogens (tertiary/aromatic N) is 1. The van der Waals surface area contributed by atoms with E-state index in [0.717, 1.165) is 44.3 Å². The first-order chi connectivity index (χ1) is 6.38. The molecule has 0 bridgehead atoms. The lowest BCUT2D eigenvalue weighted by atomic mass is 10.4. The standard InChI is InChI=1S/C9H16N2O2/c12-9(10-3-1-2-4-10)11-5-7-13-8-6-11/h1-8H2/p+1. The fraction of sp³-hybridized carbons (Fsp3) is 0.889. The first kappa shape index (κ1) is 8.97. The molecule has 0 aromatic rings. The largest absolute Gasteiger partial charge is 0.417 e. The Labute approximate surface area is 78.4 Å². The van der Waals surface area contributed by atoms with Gasteiger partial charge in [0.1, 0.15) is 13.1 Å². The van der Waals surface area contributed by atoms with E-state index in [0.29, 0.717) is 6.03 Å². The second-order valence-corrected chi connectivity index (χ2v) is 3.72. The molecule has 0 aromatic carbocycles. The Morgan fingerprint density at radius 1 is 1.15 bits per heavy atom. The summed E-state index contributed by atoms with van der Waals surface area (Å²) >= 11 is 0. The summed E-state index contributed by atoms with van der Waals surface area (Å²) in [5.74, 6) is 0. The number of hydrogen-bond donors (Lipinski definition) is 1. The fourth-order valence-corrected chi connectivity index (χ4v) is 1.98. The van der Waals surface area contributed by atoms with Crippen molar-refractivity contribution in [2.75, 3.05) is 39.4 Å². The fourth-order valence-electron chi connectivity index (χ4n) is 1.98. The Balaban J connectivity index is 1.87. The highest BCUT2D eigenvalue weighted by atomic mass is 16.5. The van der Waals surface area contributed by atoms with Crippen molar-refractivity contribution in [1.82, 2.24) is 4.90 Å². The molecular formula is C9H17N2O2+. The number of nitrogens with one attached hydrogen (secondary N) is 1. The molecule has 2 aliphatic rings. The van der Waals surface area contributed by atoms with Gasteiger partial charge in [-0.15, -0.1) is 0 Å². The molecular weight excluding hydrogens is 168 g/mol. The molecule has 74 valence electrons. The lowest BCUT2D eigenvalue weighted by Gasteiger charge is -2.25. The van der Waals surface area contributed by atoms with Gasteiger partial charge in [-0.25, -0.2) is 9.69 Å². The number of amides is 2. The van der Waals surface area contributed by atoms with Gasteiger partial charge >= 0.3 is 6.03 Å². The molecule has 13 heavy (non-hydrogen) atoms. The minimum absolute atomic E-state index is 0.292. The molecule has 2 saturated heterocycles. The molecule has 0 aromatic heterocycles. The van der Waals surface area contributed by atoms with Gasteiger partial charge in [0, 0.05) is 13.1 Å². The molecule has 2 heterocycles. The number of morpholine rings is 1. The van der Waals surface area contributed by atoms with Crippen LogP contribution < -0.4 is 4.90 Å². The van der Waals surface area contributed by atoms with E-state index in [4.69, 9.17) is 4.74 Å². The van der Waals surface area contributed by atoms with Crippen LogP contribution in [0.1, 0.15) is 12.8 Å². The van der Waals surface area contributed by atoms with Crippen molar-refractivity contribution in [3.63, 3.8) is 0 Å². The molecule has 4 heteroatoms. The van der Waals surface area contributed by atoms with Gasteiger partial charge in [-0.2, -0.15) is 0 Å². The SMILES string of the molecule is O=C(N1CCCC1)[NH+]1CCOCC1. The highest BCUT2D eigenvalue weighted by molar-refractivity contribution is 5.65. The number of ether oxygens (including phenoxy) is 1. The van der Waals surface area contributed by atoms with Crippen LogP contribution in [0, 0.1) is 0 Å². The first-order valence-corrected chi connectivity index (χ1v) is 5.09. The van der Waals surface area contributed by atoms with Gasteiger partial charge in [-0.1, -0.05) is 0 Å². The van der Waals surface area contributed by atoms with Crippen LogP contribution >= 0.6 is 0 Å². The van der Waals surface area contributed by atoms with Crippen LogP contribution in [-0.2, 0) is 4.74 Å². The van der Waals surface area contributed by atoms with Crippen molar-refractivity contribution in [3.05, 3.63) is 0 Å². The first-order valence-electron chi connectivity index (χ1n) is 5.09. The molecule has 0 unspecified atom stereocenters. The third-order valence-electron chi connectivity index (χ3n) is 2.79. The van der Waals surface area contributed by atoms with Gasteiger partial charge in [0.05, 0.1) is 13.2 Å². The van der Waals surface area contributed by atoms with Crippen LogP contribution in [0.2, 0.25) is 0 Å². The molecule has 0 aliphatic carbocycles. The summed E-state index contributed by atoms with van der Waals surface area (Å²) in [6, 6.07) is 0.292. The summed E-state index contributed by atoms with van der Waals surface area (Å²) in [6.45, 7) is 5.07. The molecule has 0 atom stereocenters. The number of carbonyl (C=O) groups is 1. The van der Waals surface area contributed by atoms with Gasteiger partial charge < -0.3 is 4.74 Å². The molecule has 1 N–H and O–H groups in total. The van der Waals surface area contributed by atoms with Crippen LogP contribution in [0.25, 0.3) is 0 Å². The van der Waals surface area contributed by atoms with E-state index in [-0.39, 0.29) is 0 Å². The van der Waals surface area contributed by atoms with Crippen molar-refractivity contribution in [2.24, 2.45) is 0 Å². The van der Waals surface area contributed by atoms with Gasteiger partial charge in [-0.3, -0.25) is 4.90 Å². The minimum atomic E-state index is 0.292. The number of urea groups is 1. The van der Waals surface area contributed by atoms with Crippen LogP contribution in [0.5, 0.6) is 0 Å². The van der Waals surface area contributed by atoms with Crippen molar-refractivity contribution in [1.29, 1.82) is 0 Å². The zero-order valence-corrected chi connectivity index (χ0v) is 7.92. The number of carbonyl (C=O) groups excluding carboxylic acids is 1. The maximum absolute atomic E-state index is 11.8. The van der Waals surface area contributed by atoms with Gasteiger partial charge in [0.2, 0.25) is 0 Å². The van der Waals surface area contributed by atoms with E-state index < -0.39 is 0 Å². The van der Waals surface area contributed by atoms with Gasteiger partial charge in [-0.05, 0) is 12.8 Å². The second-order valence-electron chi connectivity index (χ2n) is 3.72. The highest BCUT2D eigenvalue weighted by Gasteiger charge is 2.29. The Hall–Kier alpha value is -0.610. The molecule has 0 radical (unpaired) electrons. The number of likely N-dealkylation sites (tertiary alicyclic amines) is 1. The highest BCUT2D eigenvalue weighted by Crippen LogP contribution is 2.05. The van der Waals surface area contributed by atoms with Crippen LogP contribution in [0.3, 0.4) is 0 Å². The molecule has 0 spiro atoms. The second kappa shape index (κ2) is 4.07. The van der Waals surface area contributed by atoms with Crippen LogP contribution in [0.4, 0.5) is 4.79 Å². The van der Waals surface area contributed by atoms with Crippen LogP contribution in [-0.4, -0.2) is 50.3 Å². The van der Waals surface area contributed by atoms with Gasteiger partial charge in [0.15, 0.2) is 0 Å². The molecule has 2 fully saturated rings. The zero-order chi connectivity index (χ0) is 9.10. The van der Waals surface area contributed by atoms with Crippen LogP contribution in [0.15, 0.2) is 0 Å². The van der Waals surface area contributed by atoms with E-state index >= 15 is 0 Å². The minimum Gasteiger partial charge on any atom is -0.370 e. The summed E-state index contributed by atoms with van der Waals surface area (Å²) in [4.78, 5) is 14.9. The number of hydrogen-bond acceptors (Lipinski definition) is 2. The third-order valence-corrected chi connectivity index (χ3v) is 2.79. The van der Waals surface area contributed by atoms with E-state index in [2.05, 4.69) is 0 Å². The summed E-state index contributed by atoms with van der Waals surface area (Å²) < 4.78 is 5.22. The van der Waals surface area contributed by atoms with Gasteiger partial charge in [0.25, 0.3) is 0 Å².